The number of nitrogens with one attached hydrogen (secondary N) is 1. The smallest absolute Gasteiger partial charge is 0.168 e. The molecule has 118 valence electrons. The SMILES string of the molecule is CNC(Cc1cccc(OC)c1F)C1CSC(C)C(C)S1. The second-order valence-electron chi connectivity index (χ2n) is 5.45. The monoisotopic (exact) mass is 329 g/mol. The number of methoxy groups -OCH3 is 1. The Labute approximate surface area is 135 Å². The van der Waals surface area contributed by atoms with Gasteiger partial charge in [-0.05, 0) is 25.1 Å². The summed E-state index contributed by atoms with van der Waals surface area (Å²) in [5, 5.41) is 5.22. The molecule has 5 heteroatoms. The Morgan fingerprint density at radius 3 is 2.76 bits per heavy atom. The molecule has 0 aromatic heterocycles. The molecule has 1 N–H and O–H groups in total. The van der Waals surface area contributed by atoms with Crippen LogP contribution in [0.3, 0.4) is 0 Å². The van der Waals surface area contributed by atoms with Crippen LogP contribution in [0.2, 0.25) is 0 Å². The highest BCUT2D eigenvalue weighted by Gasteiger charge is 2.31. The fourth-order valence-corrected chi connectivity index (χ4v) is 5.72. The molecule has 0 bridgehead atoms. The van der Waals surface area contributed by atoms with Crippen LogP contribution >= 0.6 is 23.5 Å². The molecule has 1 saturated heterocycles. The number of ether oxygens (including phenoxy) is 1. The third kappa shape index (κ3) is 4.08. The van der Waals surface area contributed by atoms with E-state index in [4.69, 9.17) is 4.74 Å². The molecule has 1 aromatic rings. The first-order chi connectivity index (χ1) is 10.1. The molecule has 1 aliphatic rings. The van der Waals surface area contributed by atoms with Crippen LogP contribution in [0.5, 0.6) is 5.75 Å². The van der Waals surface area contributed by atoms with E-state index in [0.717, 1.165) is 11.3 Å². The molecule has 0 saturated carbocycles. The molecule has 4 unspecified atom stereocenters. The lowest BCUT2D eigenvalue weighted by Gasteiger charge is -2.36. The molecule has 1 aromatic carbocycles. The molecule has 1 heterocycles. The third-order valence-electron chi connectivity index (χ3n) is 4.10. The van der Waals surface area contributed by atoms with Crippen molar-refractivity contribution in [3.05, 3.63) is 29.6 Å². The van der Waals surface area contributed by atoms with Gasteiger partial charge >= 0.3 is 0 Å². The fourth-order valence-electron chi connectivity index (χ4n) is 2.55. The van der Waals surface area contributed by atoms with E-state index in [2.05, 4.69) is 19.2 Å². The van der Waals surface area contributed by atoms with Crippen molar-refractivity contribution < 1.29 is 9.13 Å². The number of thioether (sulfide) groups is 2. The number of halogens is 1. The number of hydrogen-bond acceptors (Lipinski definition) is 4. The molecule has 0 aliphatic carbocycles. The zero-order chi connectivity index (χ0) is 15.4. The number of rotatable bonds is 5. The van der Waals surface area contributed by atoms with Gasteiger partial charge in [-0.1, -0.05) is 26.0 Å². The van der Waals surface area contributed by atoms with E-state index in [1.807, 2.05) is 42.7 Å². The van der Waals surface area contributed by atoms with Crippen LogP contribution in [0.1, 0.15) is 19.4 Å². The first-order valence-corrected chi connectivity index (χ1v) is 9.31. The van der Waals surface area contributed by atoms with Crippen molar-refractivity contribution in [2.75, 3.05) is 19.9 Å². The summed E-state index contributed by atoms with van der Waals surface area (Å²) in [6.45, 7) is 4.57. The van der Waals surface area contributed by atoms with Gasteiger partial charge in [-0.3, -0.25) is 0 Å². The second kappa shape index (κ2) is 7.75. The molecular formula is C16H24FNOS2. The summed E-state index contributed by atoms with van der Waals surface area (Å²) in [6.07, 6.45) is 0.693. The summed E-state index contributed by atoms with van der Waals surface area (Å²) in [5.41, 5.74) is 0.727. The van der Waals surface area contributed by atoms with E-state index in [1.165, 1.54) is 7.11 Å². The minimum absolute atomic E-state index is 0.227. The molecule has 21 heavy (non-hydrogen) atoms. The zero-order valence-electron chi connectivity index (χ0n) is 13.1. The first-order valence-electron chi connectivity index (χ1n) is 7.32. The van der Waals surface area contributed by atoms with Gasteiger partial charge in [-0.25, -0.2) is 4.39 Å². The Balaban J connectivity index is 2.09. The summed E-state index contributed by atoms with van der Waals surface area (Å²) in [4.78, 5) is 0. The quantitative estimate of drug-likeness (QED) is 0.891. The summed E-state index contributed by atoms with van der Waals surface area (Å²) in [5.74, 6) is 1.22. The highest BCUT2D eigenvalue weighted by molar-refractivity contribution is 8.07. The number of hydrogen-bond donors (Lipinski definition) is 1. The van der Waals surface area contributed by atoms with Crippen molar-refractivity contribution in [1.29, 1.82) is 0 Å². The number of likely N-dealkylation sites (N-methyl/N-ethyl adjacent to an activating group) is 1. The van der Waals surface area contributed by atoms with Gasteiger partial charge in [0.15, 0.2) is 11.6 Å². The van der Waals surface area contributed by atoms with E-state index >= 15 is 0 Å². The van der Waals surface area contributed by atoms with Crippen molar-refractivity contribution in [2.24, 2.45) is 0 Å². The van der Waals surface area contributed by atoms with E-state index in [-0.39, 0.29) is 11.9 Å². The summed E-state index contributed by atoms with van der Waals surface area (Å²) in [7, 11) is 3.48. The molecule has 2 rings (SSSR count). The van der Waals surface area contributed by atoms with E-state index in [1.54, 1.807) is 6.07 Å². The van der Waals surface area contributed by atoms with Gasteiger partial charge in [0.1, 0.15) is 0 Å². The van der Waals surface area contributed by atoms with Crippen LogP contribution < -0.4 is 10.1 Å². The molecule has 0 spiro atoms. The topological polar surface area (TPSA) is 21.3 Å². The Morgan fingerprint density at radius 2 is 2.14 bits per heavy atom. The molecule has 0 amide bonds. The predicted molar refractivity (Wildman–Crippen MR) is 92.3 cm³/mol. The summed E-state index contributed by atoms with van der Waals surface area (Å²) < 4.78 is 19.4. The molecule has 0 radical (unpaired) electrons. The second-order valence-corrected chi connectivity index (χ2v) is 8.48. The fraction of sp³-hybridized carbons (Fsp3) is 0.625. The lowest BCUT2D eigenvalue weighted by molar-refractivity contribution is 0.382. The first kappa shape index (κ1) is 17.0. The van der Waals surface area contributed by atoms with Crippen LogP contribution in [0.15, 0.2) is 18.2 Å². The van der Waals surface area contributed by atoms with Gasteiger partial charge in [0, 0.05) is 27.5 Å². The lowest BCUT2D eigenvalue weighted by atomic mass is 10.0. The Bertz CT molecular complexity index is 472. The van der Waals surface area contributed by atoms with Gasteiger partial charge in [0.2, 0.25) is 0 Å². The lowest BCUT2D eigenvalue weighted by Crippen LogP contribution is -2.43. The van der Waals surface area contributed by atoms with Crippen LogP contribution in [0.25, 0.3) is 0 Å². The van der Waals surface area contributed by atoms with Gasteiger partial charge in [-0.15, -0.1) is 0 Å². The molecule has 4 atom stereocenters. The van der Waals surface area contributed by atoms with Crippen molar-refractivity contribution in [3.63, 3.8) is 0 Å². The van der Waals surface area contributed by atoms with Crippen molar-refractivity contribution in [3.8, 4) is 5.75 Å². The maximum atomic E-state index is 14.3. The minimum Gasteiger partial charge on any atom is -0.494 e. The highest BCUT2D eigenvalue weighted by atomic mass is 32.2. The Morgan fingerprint density at radius 1 is 1.38 bits per heavy atom. The Kier molecular flexibility index (Phi) is 6.26. The average Bonchev–Trinajstić information content (AvgIpc) is 2.49. The summed E-state index contributed by atoms with van der Waals surface area (Å²) >= 11 is 4.05. The van der Waals surface area contributed by atoms with Gasteiger partial charge < -0.3 is 10.1 Å². The van der Waals surface area contributed by atoms with E-state index in [0.29, 0.717) is 27.9 Å². The normalized spacial score (nSPS) is 27.4. The van der Waals surface area contributed by atoms with E-state index in [9.17, 15) is 4.39 Å². The van der Waals surface area contributed by atoms with Crippen LogP contribution in [-0.4, -0.2) is 41.7 Å². The largest absolute Gasteiger partial charge is 0.494 e. The van der Waals surface area contributed by atoms with Crippen LogP contribution in [-0.2, 0) is 6.42 Å². The summed E-state index contributed by atoms with van der Waals surface area (Å²) in [6, 6.07) is 5.66. The van der Waals surface area contributed by atoms with Gasteiger partial charge in [-0.2, -0.15) is 23.5 Å². The van der Waals surface area contributed by atoms with Gasteiger partial charge in [0.25, 0.3) is 0 Å². The molecular weight excluding hydrogens is 305 g/mol. The van der Waals surface area contributed by atoms with Crippen LogP contribution in [0, 0.1) is 5.82 Å². The predicted octanol–water partition coefficient (Wildman–Crippen LogP) is 3.59. The van der Waals surface area contributed by atoms with Crippen molar-refractivity contribution in [2.45, 2.75) is 42.1 Å². The van der Waals surface area contributed by atoms with Crippen molar-refractivity contribution >= 4 is 23.5 Å². The van der Waals surface area contributed by atoms with Crippen molar-refractivity contribution in [1.82, 2.24) is 5.32 Å². The standard InChI is InChI=1S/C16H24FNOS2/c1-10-11(2)21-15(9-20-10)13(18-3)8-12-6-5-7-14(19-4)16(12)17/h5-7,10-11,13,15,18H,8-9H2,1-4H3. The maximum Gasteiger partial charge on any atom is 0.168 e. The molecule has 1 fully saturated rings. The number of benzene rings is 1. The van der Waals surface area contributed by atoms with E-state index < -0.39 is 0 Å². The van der Waals surface area contributed by atoms with Crippen LogP contribution in [0.4, 0.5) is 4.39 Å². The Hall–Kier alpha value is -0.390. The third-order valence-corrected chi connectivity index (χ3v) is 7.65. The molecule has 1 aliphatic heterocycles. The minimum atomic E-state index is -0.227. The zero-order valence-corrected chi connectivity index (χ0v) is 14.7. The van der Waals surface area contributed by atoms with Gasteiger partial charge in [0.05, 0.1) is 7.11 Å². The molecule has 2 nitrogen and oxygen atoms in total. The maximum absolute atomic E-state index is 14.3. The average molecular weight is 330 g/mol. The highest BCUT2D eigenvalue weighted by Crippen LogP contribution is 2.37.